The lowest BCUT2D eigenvalue weighted by atomic mass is 9.84. The normalized spacial score (nSPS) is 25.9. The zero-order valence-corrected chi connectivity index (χ0v) is 12.9. The van der Waals surface area contributed by atoms with Crippen molar-refractivity contribution < 1.29 is 0 Å². The van der Waals surface area contributed by atoms with Crippen LogP contribution in [0.4, 0.5) is 0 Å². The quantitative estimate of drug-likeness (QED) is 0.907. The lowest BCUT2D eigenvalue weighted by Gasteiger charge is -2.43. The van der Waals surface area contributed by atoms with Crippen LogP contribution >= 0.6 is 11.3 Å². The molecule has 1 aliphatic rings. The van der Waals surface area contributed by atoms with Crippen LogP contribution in [0.25, 0.3) is 0 Å². The largest absolute Gasteiger partial charge is 0.330 e. The molecule has 18 heavy (non-hydrogen) atoms. The highest BCUT2D eigenvalue weighted by atomic mass is 32.1. The first-order chi connectivity index (χ1) is 8.54. The number of nitrogens with two attached hydrogens (primary N) is 1. The van der Waals surface area contributed by atoms with Crippen molar-refractivity contribution in [3.63, 3.8) is 0 Å². The van der Waals surface area contributed by atoms with Gasteiger partial charge in [-0.25, -0.2) is 0 Å². The van der Waals surface area contributed by atoms with Gasteiger partial charge in [0.15, 0.2) is 0 Å². The first-order valence-corrected chi connectivity index (χ1v) is 7.89. The SMILES string of the molecule is Cc1cc(C2C(CN)CCCN2C(C)C)c(C)s1. The number of rotatable bonds is 3. The predicted octanol–water partition coefficient (Wildman–Crippen LogP) is 3.49. The average Bonchev–Trinajstić information content (AvgIpc) is 2.67. The molecule has 3 heteroatoms. The fourth-order valence-electron chi connectivity index (χ4n) is 3.31. The van der Waals surface area contributed by atoms with E-state index in [1.807, 2.05) is 11.3 Å². The van der Waals surface area contributed by atoms with Gasteiger partial charge in [-0.05, 0) is 71.2 Å². The summed E-state index contributed by atoms with van der Waals surface area (Å²) in [5.74, 6) is 0.619. The number of piperidine rings is 1. The number of hydrogen-bond acceptors (Lipinski definition) is 3. The monoisotopic (exact) mass is 266 g/mol. The van der Waals surface area contributed by atoms with Crippen molar-refractivity contribution in [3.8, 4) is 0 Å². The van der Waals surface area contributed by atoms with E-state index in [-0.39, 0.29) is 0 Å². The molecule has 2 rings (SSSR count). The van der Waals surface area contributed by atoms with Crippen molar-refractivity contribution in [1.82, 2.24) is 4.90 Å². The number of thiophene rings is 1. The summed E-state index contributed by atoms with van der Waals surface area (Å²) in [6.45, 7) is 11.1. The van der Waals surface area contributed by atoms with E-state index in [4.69, 9.17) is 5.73 Å². The molecule has 2 nitrogen and oxygen atoms in total. The molecule has 0 saturated carbocycles. The molecule has 2 N–H and O–H groups in total. The van der Waals surface area contributed by atoms with Gasteiger partial charge in [-0.3, -0.25) is 4.90 Å². The van der Waals surface area contributed by atoms with E-state index in [1.54, 1.807) is 0 Å². The summed E-state index contributed by atoms with van der Waals surface area (Å²) in [5, 5.41) is 0. The van der Waals surface area contributed by atoms with Gasteiger partial charge in [-0.2, -0.15) is 0 Å². The fraction of sp³-hybridized carbons (Fsp3) is 0.733. The van der Waals surface area contributed by atoms with Crippen LogP contribution in [0.2, 0.25) is 0 Å². The summed E-state index contributed by atoms with van der Waals surface area (Å²) in [6.07, 6.45) is 2.57. The second-order valence-electron chi connectivity index (χ2n) is 5.78. The Morgan fingerprint density at radius 3 is 2.67 bits per heavy atom. The molecule has 102 valence electrons. The van der Waals surface area contributed by atoms with Crippen molar-refractivity contribution in [2.24, 2.45) is 11.7 Å². The molecule has 0 radical (unpaired) electrons. The Morgan fingerprint density at radius 2 is 2.17 bits per heavy atom. The average molecular weight is 266 g/mol. The molecule has 2 unspecified atom stereocenters. The molecule has 2 atom stereocenters. The maximum atomic E-state index is 6.03. The maximum Gasteiger partial charge on any atom is 0.0402 e. The van der Waals surface area contributed by atoms with E-state index in [1.165, 1.54) is 34.7 Å². The van der Waals surface area contributed by atoms with Gasteiger partial charge >= 0.3 is 0 Å². The number of hydrogen-bond donors (Lipinski definition) is 1. The highest BCUT2D eigenvalue weighted by molar-refractivity contribution is 7.12. The lowest BCUT2D eigenvalue weighted by Crippen LogP contribution is -2.45. The molecule has 1 saturated heterocycles. The van der Waals surface area contributed by atoms with Gasteiger partial charge in [0.1, 0.15) is 0 Å². The topological polar surface area (TPSA) is 29.3 Å². The molecule has 0 bridgehead atoms. The smallest absolute Gasteiger partial charge is 0.0402 e. The molecule has 1 aliphatic heterocycles. The van der Waals surface area contributed by atoms with Crippen molar-refractivity contribution >= 4 is 11.3 Å². The van der Waals surface area contributed by atoms with Gasteiger partial charge in [-0.1, -0.05) is 0 Å². The first kappa shape index (κ1) is 14.0. The number of likely N-dealkylation sites (tertiary alicyclic amines) is 1. The van der Waals surface area contributed by atoms with Gasteiger partial charge in [0.2, 0.25) is 0 Å². The third-order valence-corrected chi connectivity index (χ3v) is 5.14. The van der Waals surface area contributed by atoms with Crippen LogP contribution < -0.4 is 5.73 Å². The number of nitrogens with zero attached hydrogens (tertiary/aromatic N) is 1. The summed E-state index contributed by atoms with van der Waals surface area (Å²) in [7, 11) is 0. The van der Waals surface area contributed by atoms with Crippen molar-refractivity contribution in [1.29, 1.82) is 0 Å². The Bertz CT molecular complexity index is 397. The molecule has 1 aromatic heterocycles. The standard InChI is InChI=1S/C15H26N2S/c1-10(2)17-7-5-6-13(9-16)15(17)14-8-11(3)18-12(14)4/h8,10,13,15H,5-7,9,16H2,1-4H3. The Hall–Kier alpha value is -0.380. The van der Waals surface area contributed by atoms with Gasteiger partial charge in [-0.15, -0.1) is 11.3 Å². The van der Waals surface area contributed by atoms with Crippen molar-refractivity contribution in [2.45, 2.75) is 52.6 Å². The minimum absolute atomic E-state index is 0.536. The summed E-state index contributed by atoms with van der Waals surface area (Å²) >= 11 is 1.92. The fourth-order valence-corrected chi connectivity index (χ4v) is 4.27. The van der Waals surface area contributed by atoms with Crippen molar-refractivity contribution in [3.05, 3.63) is 21.4 Å². The van der Waals surface area contributed by atoms with Gasteiger partial charge in [0.25, 0.3) is 0 Å². The van der Waals surface area contributed by atoms with Crippen LogP contribution in [-0.4, -0.2) is 24.0 Å². The van der Waals surface area contributed by atoms with E-state index in [0.29, 0.717) is 18.0 Å². The second kappa shape index (κ2) is 5.72. The zero-order valence-electron chi connectivity index (χ0n) is 12.1. The highest BCUT2D eigenvalue weighted by Crippen LogP contribution is 2.40. The van der Waals surface area contributed by atoms with Gasteiger partial charge in [0.05, 0.1) is 0 Å². The van der Waals surface area contributed by atoms with E-state index in [2.05, 4.69) is 38.7 Å². The van der Waals surface area contributed by atoms with Crippen LogP contribution in [0, 0.1) is 19.8 Å². The van der Waals surface area contributed by atoms with E-state index >= 15 is 0 Å². The minimum Gasteiger partial charge on any atom is -0.330 e. The molecule has 2 heterocycles. The molecule has 0 spiro atoms. The van der Waals surface area contributed by atoms with Crippen LogP contribution in [0.3, 0.4) is 0 Å². The summed E-state index contributed by atoms with van der Waals surface area (Å²) < 4.78 is 0. The van der Waals surface area contributed by atoms with E-state index in [9.17, 15) is 0 Å². The molecule has 0 aliphatic carbocycles. The zero-order chi connectivity index (χ0) is 13.3. The van der Waals surface area contributed by atoms with Crippen LogP contribution in [-0.2, 0) is 0 Å². The molecular formula is C15H26N2S. The van der Waals surface area contributed by atoms with E-state index < -0.39 is 0 Å². The minimum atomic E-state index is 0.536. The van der Waals surface area contributed by atoms with Crippen LogP contribution in [0.1, 0.15) is 48.0 Å². The lowest BCUT2D eigenvalue weighted by molar-refractivity contribution is 0.0664. The summed E-state index contributed by atoms with van der Waals surface area (Å²) in [5.41, 5.74) is 7.56. The Kier molecular flexibility index (Phi) is 4.46. The molecular weight excluding hydrogens is 240 g/mol. The van der Waals surface area contributed by atoms with Crippen LogP contribution in [0.5, 0.6) is 0 Å². The molecule has 1 fully saturated rings. The van der Waals surface area contributed by atoms with Crippen LogP contribution in [0.15, 0.2) is 6.07 Å². The maximum absolute atomic E-state index is 6.03. The molecule has 1 aromatic rings. The Labute approximate surface area is 115 Å². The van der Waals surface area contributed by atoms with Gasteiger partial charge < -0.3 is 5.73 Å². The second-order valence-corrected chi connectivity index (χ2v) is 7.24. The summed E-state index contributed by atoms with van der Waals surface area (Å²) in [6, 6.07) is 3.52. The third-order valence-electron chi connectivity index (χ3n) is 4.16. The first-order valence-electron chi connectivity index (χ1n) is 7.07. The Balaban J connectivity index is 2.36. The van der Waals surface area contributed by atoms with Crippen molar-refractivity contribution in [2.75, 3.05) is 13.1 Å². The molecule has 0 amide bonds. The third kappa shape index (κ3) is 2.63. The summed E-state index contributed by atoms with van der Waals surface area (Å²) in [4.78, 5) is 5.55. The predicted molar refractivity (Wildman–Crippen MR) is 80.2 cm³/mol. The highest BCUT2D eigenvalue weighted by Gasteiger charge is 2.34. The van der Waals surface area contributed by atoms with Gasteiger partial charge in [0, 0.05) is 21.8 Å². The molecule has 0 aromatic carbocycles. The number of aryl methyl sites for hydroxylation is 2. The Morgan fingerprint density at radius 1 is 1.44 bits per heavy atom. The van der Waals surface area contributed by atoms with E-state index in [0.717, 1.165) is 6.54 Å².